The molecule has 0 spiro atoms. The van der Waals surface area contributed by atoms with Gasteiger partial charge in [0, 0.05) is 4.90 Å². The largest absolute Gasteiger partial charge is 0.207 e. The number of hydrogen-bond donors (Lipinski definition) is 1. The summed E-state index contributed by atoms with van der Waals surface area (Å²) in [5.41, 5.74) is 1.32. The van der Waals surface area contributed by atoms with Crippen LogP contribution in [0.25, 0.3) is 11.4 Å². The number of hydrogen-bond acceptors (Lipinski definition) is 4. The molecule has 0 fully saturated rings. The lowest BCUT2D eigenvalue weighted by Gasteiger charge is -2.18. The summed E-state index contributed by atoms with van der Waals surface area (Å²) in [7, 11) is 0. The minimum absolute atomic E-state index is 0.109. The summed E-state index contributed by atoms with van der Waals surface area (Å²) in [5, 5.41) is 13.6. The smallest absolute Gasteiger partial charge is 0.205 e. The summed E-state index contributed by atoms with van der Waals surface area (Å²) in [6, 6.07) is 1.68. The lowest BCUT2D eigenvalue weighted by Crippen LogP contribution is -2.04. The fraction of sp³-hybridized carbons (Fsp3) is 0.300. The van der Waals surface area contributed by atoms with Gasteiger partial charge in [0.05, 0.1) is 10.6 Å². The molecular weight excluding hydrogens is 263 g/mol. The molecule has 17 heavy (non-hydrogen) atoms. The van der Waals surface area contributed by atoms with E-state index >= 15 is 0 Å². The van der Waals surface area contributed by atoms with Gasteiger partial charge >= 0.3 is 0 Å². The van der Waals surface area contributed by atoms with E-state index in [9.17, 15) is 4.39 Å². The Kier molecular flexibility index (Phi) is 2.76. The lowest BCUT2D eigenvalue weighted by atomic mass is 10.0. The van der Waals surface area contributed by atoms with Crippen LogP contribution in [0.4, 0.5) is 4.39 Å². The third-order valence-corrected chi connectivity index (χ3v) is 4.13. The number of aromatic amines is 1. The summed E-state index contributed by atoms with van der Waals surface area (Å²) in [5.74, 6) is 0.832. The number of rotatable bonds is 1. The van der Waals surface area contributed by atoms with E-state index in [2.05, 4.69) is 20.6 Å². The Morgan fingerprint density at radius 2 is 2.35 bits per heavy atom. The van der Waals surface area contributed by atoms with Crippen molar-refractivity contribution in [1.82, 2.24) is 20.6 Å². The Hall–Kier alpha value is -1.14. The molecule has 88 valence electrons. The minimum Gasteiger partial charge on any atom is -0.205 e. The molecule has 3 rings (SSSR count). The molecule has 1 aromatic heterocycles. The number of nitrogens with one attached hydrogen (secondary N) is 1. The van der Waals surface area contributed by atoms with Crippen LogP contribution < -0.4 is 0 Å². The number of benzene rings is 1. The van der Waals surface area contributed by atoms with Crippen LogP contribution in [-0.2, 0) is 6.42 Å². The van der Waals surface area contributed by atoms with Gasteiger partial charge in [0.15, 0.2) is 5.82 Å². The summed E-state index contributed by atoms with van der Waals surface area (Å²) < 4.78 is 14.1. The first-order valence-electron chi connectivity index (χ1n) is 5.15. The number of halogens is 2. The van der Waals surface area contributed by atoms with Crippen molar-refractivity contribution in [3.8, 4) is 11.4 Å². The summed E-state index contributed by atoms with van der Waals surface area (Å²) in [6.45, 7) is 0. The zero-order chi connectivity index (χ0) is 11.8. The van der Waals surface area contributed by atoms with Crippen LogP contribution in [0.5, 0.6) is 0 Å². The van der Waals surface area contributed by atoms with Crippen molar-refractivity contribution in [2.45, 2.75) is 17.7 Å². The molecule has 0 aliphatic carbocycles. The van der Waals surface area contributed by atoms with Crippen molar-refractivity contribution < 1.29 is 4.39 Å². The fourth-order valence-electron chi connectivity index (χ4n) is 1.95. The fourth-order valence-corrected chi connectivity index (χ4v) is 3.31. The van der Waals surface area contributed by atoms with Gasteiger partial charge < -0.3 is 0 Å². The molecule has 0 amide bonds. The zero-order valence-corrected chi connectivity index (χ0v) is 10.3. The number of nitrogens with zero attached hydrogens (tertiary/aromatic N) is 3. The van der Waals surface area contributed by atoms with E-state index in [-0.39, 0.29) is 10.8 Å². The second-order valence-electron chi connectivity index (χ2n) is 3.71. The second kappa shape index (κ2) is 4.27. The maximum Gasteiger partial charge on any atom is 0.207 e. The molecular formula is C10H8ClFN4S. The Bertz CT molecular complexity index is 558. The van der Waals surface area contributed by atoms with Gasteiger partial charge in [0.2, 0.25) is 5.82 Å². The molecule has 2 aromatic rings. The number of H-pyrrole nitrogens is 1. The minimum atomic E-state index is -0.464. The van der Waals surface area contributed by atoms with Gasteiger partial charge in [0.25, 0.3) is 0 Å². The maximum atomic E-state index is 14.1. The van der Waals surface area contributed by atoms with Crippen LogP contribution >= 0.6 is 23.4 Å². The van der Waals surface area contributed by atoms with E-state index < -0.39 is 5.82 Å². The summed E-state index contributed by atoms with van der Waals surface area (Å²) >= 11 is 7.58. The molecule has 7 heteroatoms. The summed E-state index contributed by atoms with van der Waals surface area (Å²) in [4.78, 5) is 1.02. The second-order valence-corrected chi connectivity index (χ2v) is 5.26. The first-order valence-corrected chi connectivity index (χ1v) is 6.51. The normalized spacial score (nSPS) is 14.7. The van der Waals surface area contributed by atoms with Gasteiger partial charge in [0.1, 0.15) is 0 Å². The first kappa shape index (κ1) is 11.0. The quantitative estimate of drug-likeness (QED) is 0.866. The third-order valence-electron chi connectivity index (χ3n) is 2.68. The zero-order valence-electron chi connectivity index (χ0n) is 8.70. The highest BCUT2D eigenvalue weighted by Gasteiger charge is 2.23. The molecule has 2 heterocycles. The van der Waals surface area contributed by atoms with E-state index in [0.29, 0.717) is 5.56 Å². The van der Waals surface area contributed by atoms with Crippen molar-refractivity contribution >= 4 is 23.4 Å². The van der Waals surface area contributed by atoms with Crippen LogP contribution in [0.1, 0.15) is 12.0 Å². The molecule has 0 radical (unpaired) electrons. The van der Waals surface area contributed by atoms with E-state index in [1.54, 1.807) is 17.8 Å². The average Bonchev–Trinajstić information content (AvgIpc) is 2.84. The van der Waals surface area contributed by atoms with Crippen LogP contribution in [0, 0.1) is 5.82 Å². The van der Waals surface area contributed by atoms with Gasteiger partial charge in [-0.2, -0.15) is 5.21 Å². The molecule has 0 bridgehead atoms. The first-order chi connectivity index (χ1) is 8.27. The highest BCUT2D eigenvalue weighted by molar-refractivity contribution is 7.99. The Morgan fingerprint density at radius 3 is 3.12 bits per heavy atom. The summed E-state index contributed by atoms with van der Waals surface area (Å²) in [6.07, 6.45) is 1.84. The van der Waals surface area contributed by atoms with Gasteiger partial charge in [-0.3, -0.25) is 0 Å². The predicted octanol–water partition coefficient (Wildman–Crippen LogP) is 2.70. The maximum absolute atomic E-state index is 14.1. The highest BCUT2D eigenvalue weighted by Crippen LogP contribution is 2.40. The Labute approximate surface area is 106 Å². The molecule has 0 saturated heterocycles. The number of aromatic nitrogens is 4. The van der Waals surface area contributed by atoms with E-state index in [1.807, 2.05) is 0 Å². The monoisotopic (exact) mass is 270 g/mol. The molecule has 1 aliphatic heterocycles. The molecule has 1 aliphatic rings. The van der Waals surface area contributed by atoms with Crippen LogP contribution in [-0.4, -0.2) is 26.4 Å². The van der Waals surface area contributed by atoms with Crippen LogP contribution in [0.3, 0.4) is 0 Å². The molecule has 1 N–H and O–H groups in total. The van der Waals surface area contributed by atoms with Crippen LogP contribution in [0.15, 0.2) is 11.0 Å². The van der Waals surface area contributed by atoms with Crippen molar-refractivity contribution in [3.05, 3.63) is 22.5 Å². The van der Waals surface area contributed by atoms with Crippen molar-refractivity contribution in [2.24, 2.45) is 0 Å². The van der Waals surface area contributed by atoms with E-state index in [0.717, 1.165) is 29.1 Å². The Balaban J connectivity index is 2.28. The van der Waals surface area contributed by atoms with Gasteiger partial charge in [-0.1, -0.05) is 11.6 Å². The molecule has 0 unspecified atom stereocenters. The van der Waals surface area contributed by atoms with Crippen molar-refractivity contribution in [3.63, 3.8) is 0 Å². The van der Waals surface area contributed by atoms with Crippen molar-refractivity contribution in [2.75, 3.05) is 5.75 Å². The topological polar surface area (TPSA) is 54.5 Å². The number of tetrazole rings is 1. The SMILES string of the molecule is Fc1c(Cl)cc2c(c1-c1nn[nH]n1)CCCS2. The molecule has 0 atom stereocenters. The van der Waals surface area contributed by atoms with E-state index in [4.69, 9.17) is 11.6 Å². The van der Waals surface area contributed by atoms with Crippen molar-refractivity contribution in [1.29, 1.82) is 0 Å². The number of thioether (sulfide) groups is 1. The predicted molar refractivity (Wildman–Crippen MR) is 63.6 cm³/mol. The average molecular weight is 271 g/mol. The standard InChI is InChI=1S/C10H8ClFN4S/c11-6-4-7-5(2-1-3-17-7)8(9(6)12)10-13-15-16-14-10/h4H,1-3H2,(H,13,14,15,16). The van der Waals surface area contributed by atoms with E-state index in [1.165, 1.54) is 0 Å². The molecule has 4 nitrogen and oxygen atoms in total. The van der Waals surface area contributed by atoms with Gasteiger partial charge in [-0.15, -0.1) is 22.0 Å². The van der Waals surface area contributed by atoms with Gasteiger partial charge in [-0.05, 0) is 35.4 Å². The van der Waals surface area contributed by atoms with Gasteiger partial charge in [-0.25, -0.2) is 4.39 Å². The molecule has 0 saturated carbocycles. The highest BCUT2D eigenvalue weighted by atomic mass is 35.5. The molecule has 1 aromatic carbocycles. The van der Waals surface area contributed by atoms with Crippen LogP contribution in [0.2, 0.25) is 5.02 Å². The Morgan fingerprint density at radius 1 is 1.47 bits per heavy atom. The third kappa shape index (κ3) is 1.81. The lowest BCUT2D eigenvalue weighted by molar-refractivity contribution is 0.625. The number of fused-ring (bicyclic) bond motifs is 1.